The topological polar surface area (TPSA) is 112 Å². The highest BCUT2D eigenvalue weighted by atomic mass is 19.1. The third-order valence-electron chi connectivity index (χ3n) is 6.35. The average Bonchev–Trinajstić information content (AvgIpc) is 3.46. The number of halogens is 2. The lowest BCUT2D eigenvalue weighted by atomic mass is 10.0. The fraction of sp³-hybridized carbons (Fsp3) is 0.179. The van der Waals surface area contributed by atoms with Gasteiger partial charge in [0.05, 0.1) is 17.3 Å². The number of benzene rings is 3. The monoisotopic (exact) mass is 500 g/mol. The SMILES string of the molecule is Cc1[nH]c([C@H](Cc2ccccc2)NC(=O)CCc2ccc(F)cc2F)nc1-c1ccc2c(N)n[nH]c2c1. The molecule has 0 aliphatic heterocycles. The lowest BCUT2D eigenvalue weighted by molar-refractivity contribution is -0.121. The summed E-state index contributed by atoms with van der Waals surface area (Å²) in [6.07, 6.45) is 0.726. The van der Waals surface area contributed by atoms with Crippen molar-refractivity contribution in [2.75, 3.05) is 5.73 Å². The molecule has 0 unspecified atom stereocenters. The van der Waals surface area contributed by atoms with E-state index in [-0.39, 0.29) is 18.7 Å². The summed E-state index contributed by atoms with van der Waals surface area (Å²) in [5.41, 5.74) is 10.5. The molecule has 188 valence electrons. The Bertz CT molecular complexity index is 1560. The quantitative estimate of drug-likeness (QED) is 0.236. The van der Waals surface area contributed by atoms with Crippen LogP contribution in [0.25, 0.3) is 22.2 Å². The number of imidazole rings is 1. The molecule has 37 heavy (non-hydrogen) atoms. The first kappa shape index (κ1) is 24.2. The molecule has 5 aromatic rings. The maximum Gasteiger partial charge on any atom is 0.220 e. The van der Waals surface area contributed by atoms with Gasteiger partial charge in [-0.15, -0.1) is 0 Å². The zero-order valence-corrected chi connectivity index (χ0v) is 20.2. The van der Waals surface area contributed by atoms with Crippen LogP contribution >= 0.6 is 0 Å². The Balaban J connectivity index is 1.39. The molecule has 2 heterocycles. The van der Waals surface area contributed by atoms with Crippen molar-refractivity contribution in [2.45, 2.75) is 32.2 Å². The van der Waals surface area contributed by atoms with Gasteiger partial charge in [0.25, 0.3) is 0 Å². The summed E-state index contributed by atoms with van der Waals surface area (Å²) in [5, 5.41) is 10.9. The Kier molecular flexibility index (Phi) is 6.68. The zero-order valence-electron chi connectivity index (χ0n) is 20.2. The molecule has 1 atom stereocenters. The van der Waals surface area contributed by atoms with Crippen molar-refractivity contribution in [1.82, 2.24) is 25.5 Å². The molecule has 0 aliphatic carbocycles. The van der Waals surface area contributed by atoms with Crippen molar-refractivity contribution in [2.24, 2.45) is 0 Å². The lowest BCUT2D eigenvalue weighted by Crippen LogP contribution is -2.31. The number of carbonyl (C=O) groups is 1. The van der Waals surface area contributed by atoms with Gasteiger partial charge in [-0.3, -0.25) is 9.89 Å². The highest BCUT2D eigenvalue weighted by Crippen LogP contribution is 2.29. The standard InChI is InChI=1S/C28H26F2N6O/c1-16-26(19-8-11-21-23(14-19)35-36-27(21)31)34-28(32-16)24(13-17-5-3-2-4-6-17)33-25(37)12-9-18-7-10-20(29)15-22(18)30/h2-8,10-11,14-15,24H,9,12-13H2,1H3,(H,32,34)(H,33,37)(H3,31,35,36)/t24-/m0/s1. The van der Waals surface area contributed by atoms with Gasteiger partial charge in [0.1, 0.15) is 17.5 Å². The van der Waals surface area contributed by atoms with Crippen LogP contribution in [-0.4, -0.2) is 26.1 Å². The Morgan fingerprint density at radius 1 is 1.08 bits per heavy atom. The summed E-state index contributed by atoms with van der Waals surface area (Å²) < 4.78 is 27.2. The summed E-state index contributed by atoms with van der Waals surface area (Å²) in [5.74, 6) is -0.507. The molecule has 3 aromatic carbocycles. The maximum absolute atomic E-state index is 14.0. The Morgan fingerprint density at radius 2 is 1.89 bits per heavy atom. The second-order valence-electron chi connectivity index (χ2n) is 9.01. The highest BCUT2D eigenvalue weighted by Gasteiger charge is 2.21. The number of nitrogen functional groups attached to an aromatic ring is 1. The molecule has 5 rings (SSSR count). The molecule has 0 saturated carbocycles. The predicted octanol–water partition coefficient (Wildman–Crippen LogP) is 5.15. The van der Waals surface area contributed by atoms with E-state index in [0.717, 1.165) is 39.5 Å². The van der Waals surface area contributed by atoms with Crippen LogP contribution in [-0.2, 0) is 17.6 Å². The van der Waals surface area contributed by atoms with Crippen LogP contribution in [0.5, 0.6) is 0 Å². The van der Waals surface area contributed by atoms with Crippen molar-refractivity contribution in [3.63, 3.8) is 0 Å². The van der Waals surface area contributed by atoms with Crippen molar-refractivity contribution >= 4 is 22.6 Å². The molecule has 9 heteroatoms. The second kappa shape index (κ2) is 10.2. The number of aromatic nitrogens is 4. The number of hydrogen-bond donors (Lipinski definition) is 4. The van der Waals surface area contributed by atoms with Gasteiger partial charge in [-0.25, -0.2) is 13.8 Å². The number of aromatic amines is 2. The molecule has 0 spiro atoms. The molecule has 7 nitrogen and oxygen atoms in total. The van der Waals surface area contributed by atoms with Gasteiger partial charge < -0.3 is 16.0 Å². The average molecular weight is 501 g/mol. The van der Waals surface area contributed by atoms with Gasteiger partial charge in [0.2, 0.25) is 5.91 Å². The summed E-state index contributed by atoms with van der Waals surface area (Å²) in [4.78, 5) is 21.1. The van der Waals surface area contributed by atoms with Crippen molar-refractivity contribution in [1.29, 1.82) is 0 Å². The van der Waals surface area contributed by atoms with Crippen LogP contribution in [0.3, 0.4) is 0 Å². The minimum atomic E-state index is -0.657. The van der Waals surface area contributed by atoms with E-state index in [1.807, 2.05) is 55.5 Å². The molecule has 0 fully saturated rings. The molecular formula is C28H26F2N6O. The number of amides is 1. The van der Waals surface area contributed by atoms with E-state index in [4.69, 9.17) is 10.7 Å². The number of anilines is 1. The molecule has 2 aromatic heterocycles. The van der Waals surface area contributed by atoms with Crippen LogP contribution in [0.2, 0.25) is 0 Å². The molecule has 5 N–H and O–H groups in total. The van der Waals surface area contributed by atoms with E-state index >= 15 is 0 Å². The number of fused-ring (bicyclic) bond motifs is 1. The number of aryl methyl sites for hydroxylation is 2. The smallest absolute Gasteiger partial charge is 0.220 e. The largest absolute Gasteiger partial charge is 0.382 e. The van der Waals surface area contributed by atoms with Crippen LogP contribution in [0, 0.1) is 18.6 Å². The number of hydrogen-bond acceptors (Lipinski definition) is 4. The van der Waals surface area contributed by atoms with Gasteiger partial charge in [0.15, 0.2) is 5.82 Å². The van der Waals surface area contributed by atoms with E-state index in [0.29, 0.717) is 23.6 Å². The summed E-state index contributed by atoms with van der Waals surface area (Å²) >= 11 is 0. The maximum atomic E-state index is 14.0. The van der Waals surface area contributed by atoms with Gasteiger partial charge >= 0.3 is 0 Å². The molecule has 0 aliphatic rings. The van der Waals surface area contributed by atoms with E-state index in [9.17, 15) is 13.6 Å². The molecule has 1 amide bonds. The number of nitrogens with two attached hydrogens (primary N) is 1. The van der Waals surface area contributed by atoms with Gasteiger partial charge in [-0.05, 0) is 49.1 Å². The Labute approximate surface area is 212 Å². The van der Waals surface area contributed by atoms with Gasteiger partial charge in [0, 0.05) is 29.1 Å². The molecule has 0 saturated heterocycles. The van der Waals surface area contributed by atoms with Crippen LogP contribution in [0.15, 0.2) is 66.7 Å². The third kappa shape index (κ3) is 5.35. The van der Waals surface area contributed by atoms with Crippen molar-refractivity contribution < 1.29 is 13.6 Å². The van der Waals surface area contributed by atoms with Crippen molar-refractivity contribution in [3.8, 4) is 11.3 Å². The highest BCUT2D eigenvalue weighted by molar-refractivity contribution is 5.91. The van der Waals surface area contributed by atoms with E-state index < -0.39 is 17.7 Å². The Morgan fingerprint density at radius 3 is 2.68 bits per heavy atom. The van der Waals surface area contributed by atoms with Crippen LogP contribution < -0.4 is 11.1 Å². The Hall–Kier alpha value is -4.53. The first-order valence-corrected chi connectivity index (χ1v) is 11.9. The van der Waals surface area contributed by atoms with E-state index in [1.54, 1.807) is 0 Å². The van der Waals surface area contributed by atoms with Gasteiger partial charge in [-0.1, -0.05) is 42.5 Å². The number of rotatable bonds is 8. The summed E-state index contributed by atoms with van der Waals surface area (Å²) in [6, 6.07) is 18.5. The van der Waals surface area contributed by atoms with Crippen molar-refractivity contribution in [3.05, 3.63) is 101 Å². The first-order chi connectivity index (χ1) is 17.9. The minimum Gasteiger partial charge on any atom is -0.382 e. The van der Waals surface area contributed by atoms with E-state index in [1.165, 1.54) is 12.1 Å². The fourth-order valence-electron chi connectivity index (χ4n) is 4.42. The fourth-order valence-corrected chi connectivity index (χ4v) is 4.42. The molecule has 0 bridgehead atoms. The first-order valence-electron chi connectivity index (χ1n) is 11.9. The normalized spacial score (nSPS) is 12.1. The molecule has 0 radical (unpaired) electrons. The number of nitrogens with zero attached hydrogens (tertiary/aromatic N) is 2. The van der Waals surface area contributed by atoms with Crippen LogP contribution in [0.1, 0.15) is 35.1 Å². The van der Waals surface area contributed by atoms with Crippen LogP contribution in [0.4, 0.5) is 14.6 Å². The summed E-state index contributed by atoms with van der Waals surface area (Å²) in [7, 11) is 0. The number of H-pyrrole nitrogens is 2. The zero-order chi connectivity index (χ0) is 25.9. The summed E-state index contributed by atoms with van der Waals surface area (Å²) in [6.45, 7) is 1.93. The van der Waals surface area contributed by atoms with Gasteiger partial charge in [-0.2, -0.15) is 5.10 Å². The lowest BCUT2D eigenvalue weighted by Gasteiger charge is -2.17. The number of carbonyl (C=O) groups excluding carboxylic acids is 1. The van der Waals surface area contributed by atoms with E-state index in [2.05, 4.69) is 20.5 Å². The second-order valence-corrected chi connectivity index (χ2v) is 9.01. The molecular weight excluding hydrogens is 474 g/mol. The third-order valence-corrected chi connectivity index (χ3v) is 6.35. The minimum absolute atomic E-state index is 0.0539. The predicted molar refractivity (Wildman–Crippen MR) is 139 cm³/mol. The number of nitrogens with one attached hydrogen (secondary N) is 3.